The molecule has 134 valence electrons. The number of allylic oxidation sites excluding steroid dienone is 3. The van der Waals surface area contributed by atoms with E-state index in [1.165, 1.54) is 18.1 Å². The van der Waals surface area contributed by atoms with Gasteiger partial charge >= 0.3 is 0 Å². The van der Waals surface area contributed by atoms with Crippen molar-refractivity contribution in [3.8, 4) is 0 Å². The lowest BCUT2D eigenvalue weighted by Gasteiger charge is -2.25. The molecule has 0 aromatic rings. The molecule has 0 saturated carbocycles. The summed E-state index contributed by atoms with van der Waals surface area (Å²) in [4.78, 5) is 0. The lowest BCUT2D eigenvalue weighted by atomic mass is 10.7. The van der Waals surface area contributed by atoms with E-state index in [0.29, 0.717) is 0 Å². The highest BCUT2D eigenvalue weighted by Crippen LogP contribution is 2.24. The van der Waals surface area contributed by atoms with Crippen LogP contribution in [0.5, 0.6) is 0 Å². The Bertz CT molecular complexity index is 361. The first-order valence-corrected chi connectivity index (χ1v) is 23.0. The molecule has 0 aliphatic heterocycles. The zero-order chi connectivity index (χ0) is 18.4. The first-order chi connectivity index (χ1) is 10.1. The van der Waals surface area contributed by atoms with E-state index in [9.17, 15) is 0 Å². The maximum Gasteiger partial charge on any atom is 0.0682 e. The summed E-state index contributed by atoms with van der Waals surface area (Å²) in [6, 6.07) is 4.01. The van der Waals surface area contributed by atoms with Crippen molar-refractivity contribution in [1.29, 1.82) is 0 Å². The minimum absolute atomic E-state index is 1.06. The zero-order valence-electron chi connectivity index (χ0n) is 17.6. The van der Waals surface area contributed by atoms with Crippen molar-refractivity contribution < 1.29 is 0 Å². The molecule has 4 heteroatoms. The average molecular weight is 383 g/mol. The molecule has 0 N–H and O–H groups in total. The minimum Gasteiger partial charge on any atom is -0.0992 e. The summed E-state index contributed by atoms with van der Waals surface area (Å²) in [5.74, 6) is 0. The van der Waals surface area contributed by atoms with Gasteiger partial charge in [0.2, 0.25) is 0 Å². The van der Waals surface area contributed by atoms with Crippen LogP contribution in [0.1, 0.15) is 0 Å². The maximum absolute atomic E-state index is 2.60. The predicted molar refractivity (Wildman–Crippen MR) is 123 cm³/mol. The topological polar surface area (TPSA) is 0 Å². The Kier molecular flexibility index (Phi) is 9.01. The first-order valence-electron chi connectivity index (χ1n) is 9.15. The third kappa shape index (κ3) is 15.4. The van der Waals surface area contributed by atoms with Crippen LogP contribution in [0.2, 0.25) is 83.6 Å². The molecule has 0 aliphatic carbocycles. The third-order valence-corrected chi connectivity index (χ3v) is 11.1. The molecule has 0 spiro atoms. The van der Waals surface area contributed by atoms with Gasteiger partial charge < -0.3 is 0 Å². The van der Waals surface area contributed by atoms with Gasteiger partial charge in [-0.25, -0.2) is 0 Å². The van der Waals surface area contributed by atoms with Crippen LogP contribution in [0.15, 0.2) is 35.3 Å². The molecule has 0 atom stereocenters. The fraction of sp³-hybridized carbons (Fsp3) is 0.684. The Morgan fingerprint density at radius 1 is 0.435 bits per heavy atom. The molecule has 0 bridgehead atoms. The second-order valence-electron chi connectivity index (χ2n) is 10.7. The summed E-state index contributed by atoms with van der Waals surface area (Å²) >= 11 is 0. The smallest absolute Gasteiger partial charge is 0.0682 e. The highest BCUT2D eigenvalue weighted by molar-refractivity contribution is 6.83. The van der Waals surface area contributed by atoms with Crippen molar-refractivity contribution in [2.24, 2.45) is 0 Å². The van der Waals surface area contributed by atoms with Gasteiger partial charge in [-0.3, -0.25) is 0 Å². The fourth-order valence-electron chi connectivity index (χ4n) is 2.34. The van der Waals surface area contributed by atoms with Crippen LogP contribution in [-0.2, 0) is 0 Å². The van der Waals surface area contributed by atoms with Gasteiger partial charge in [0.15, 0.2) is 0 Å². The summed E-state index contributed by atoms with van der Waals surface area (Å²) in [7, 11) is -4.42. The molecular formula is C19H42Si4. The summed E-state index contributed by atoms with van der Waals surface area (Å²) in [5.41, 5.74) is 7.63. The van der Waals surface area contributed by atoms with Gasteiger partial charge in [-0.2, -0.15) is 0 Å². The third-order valence-electron chi connectivity index (χ3n) is 3.69. The van der Waals surface area contributed by atoms with Crippen LogP contribution >= 0.6 is 0 Å². The van der Waals surface area contributed by atoms with Gasteiger partial charge in [0.1, 0.15) is 0 Å². The molecule has 0 nitrogen and oxygen atoms in total. The zero-order valence-corrected chi connectivity index (χ0v) is 21.6. The van der Waals surface area contributed by atoms with Crippen LogP contribution in [0.4, 0.5) is 0 Å². The molecule has 0 unspecified atom stereocenters. The molecule has 0 heterocycles. The molecule has 23 heavy (non-hydrogen) atoms. The van der Waals surface area contributed by atoms with Crippen LogP contribution in [0.25, 0.3) is 0 Å². The van der Waals surface area contributed by atoms with Gasteiger partial charge in [-0.1, -0.05) is 101 Å². The molecule has 0 aromatic carbocycles. The molecule has 0 amide bonds. The molecule has 0 fully saturated rings. The maximum atomic E-state index is 2.60. The molecule has 0 aromatic heterocycles. The van der Waals surface area contributed by atoms with Gasteiger partial charge in [0, 0.05) is 0 Å². The van der Waals surface area contributed by atoms with E-state index in [0.717, 1.165) is 0 Å². The summed E-state index contributed by atoms with van der Waals surface area (Å²) in [5, 5.41) is 0. The van der Waals surface area contributed by atoms with Crippen LogP contribution in [0.3, 0.4) is 0 Å². The number of rotatable bonds is 9. The van der Waals surface area contributed by atoms with Crippen LogP contribution < -0.4 is 0 Å². The second kappa shape index (κ2) is 8.97. The molecule has 0 rings (SSSR count). The van der Waals surface area contributed by atoms with Crippen molar-refractivity contribution in [2.75, 3.05) is 0 Å². The average Bonchev–Trinajstić information content (AvgIpc) is 2.22. The Morgan fingerprint density at radius 2 is 0.652 bits per heavy atom. The van der Waals surface area contributed by atoms with E-state index in [1.54, 1.807) is 0 Å². The Morgan fingerprint density at radius 3 is 0.826 bits per heavy atom. The van der Waals surface area contributed by atoms with E-state index in [-0.39, 0.29) is 0 Å². The van der Waals surface area contributed by atoms with E-state index in [1.807, 2.05) is 0 Å². The van der Waals surface area contributed by atoms with Crippen LogP contribution in [0, 0.1) is 0 Å². The van der Waals surface area contributed by atoms with Gasteiger partial charge in [-0.15, -0.1) is 0 Å². The summed E-state index contributed by atoms with van der Waals surface area (Å²) in [6.45, 7) is 24.5. The van der Waals surface area contributed by atoms with Gasteiger partial charge in [0.05, 0.1) is 32.3 Å². The van der Waals surface area contributed by atoms with Crippen molar-refractivity contribution >= 4 is 32.3 Å². The van der Waals surface area contributed by atoms with Crippen LogP contribution in [-0.4, -0.2) is 32.3 Å². The highest BCUT2D eigenvalue weighted by atomic mass is 28.3. The number of hydrogen-bond donors (Lipinski definition) is 0. The standard InChI is InChI=1S/C19H42Si4/c1-20(2,3)14-11-17-23(10,18-12-15-21(4,5)6)19-13-16-22(7,8)9/h11-16H,17-19H2,1-10H3. The monoisotopic (exact) mass is 382 g/mol. The Balaban J connectivity index is 5.00. The summed E-state index contributed by atoms with van der Waals surface area (Å²) < 4.78 is 0. The molecule has 0 radical (unpaired) electrons. The molecule has 0 saturated heterocycles. The largest absolute Gasteiger partial charge is 0.0992 e. The van der Waals surface area contributed by atoms with Gasteiger partial charge in [-0.05, 0) is 18.1 Å². The SMILES string of the molecule is C[Si](C)(C)C=CC[Si](C)(CC=C[Si](C)(C)C)CC=C[Si](C)(C)C. The second-order valence-corrected chi connectivity index (χ2v) is 30.8. The Hall–Kier alpha value is 0.0875. The fourth-order valence-corrected chi connectivity index (χ4v) is 8.08. The first kappa shape index (κ1) is 23.1. The Labute approximate surface area is 151 Å². The summed E-state index contributed by atoms with van der Waals surface area (Å²) in [6.07, 6.45) is 7.59. The highest BCUT2D eigenvalue weighted by Gasteiger charge is 2.24. The van der Waals surface area contributed by atoms with Crippen molar-refractivity contribution in [3.63, 3.8) is 0 Å². The van der Waals surface area contributed by atoms with E-state index in [4.69, 9.17) is 0 Å². The predicted octanol–water partition coefficient (Wildman–Crippen LogP) is 7.37. The number of hydrogen-bond acceptors (Lipinski definition) is 0. The van der Waals surface area contributed by atoms with Crippen molar-refractivity contribution in [3.05, 3.63) is 35.3 Å². The lowest BCUT2D eigenvalue weighted by Crippen LogP contribution is -2.29. The quantitative estimate of drug-likeness (QED) is 0.365. The van der Waals surface area contributed by atoms with E-state index in [2.05, 4.69) is 101 Å². The lowest BCUT2D eigenvalue weighted by molar-refractivity contribution is 1.35. The van der Waals surface area contributed by atoms with Gasteiger partial charge in [0.25, 0.3) is 0 Å². The molecule has 0 aliphatic rings. The van der Waals surface area contributed by atoms with E-state index >= 15 is 0 Å². The van der Waals surface area contributed by atoms with Crippen molar-refractivity contribution in [2.45, 2.75) is 83.6 Å². The van der Waals surface area contributed by atoms with Crippen molar-refractivity contribution in [1.82, 2.24) is 0 Å². The normalized spacial score (nSPS) is 17.5. The molecular weight excluding hydrogens is 341 g/mol. The minimum atomic E-state index is -1.24. The van der Waals surface area contributed by atoms with E-state index < -0.39 is 32.3 Å².